The third kappa shape index (κ3) is 3.74. The summed E-state index contributed by atoms with van der Waals surface area (Å²) in [6, 6.07) is 8.50. The lowest BCUT2D eigenvalue weighted by Gasteiger charge is -2.22. The van der Waals surface area contributed by atoms with Crippen molar-refractivity contribution in [3.05, 3.63) is 29.8 Å². The van der Waals surface area contributed by atoms with Crippen molar-refractivity contribution in [1.82, 2.24) is 5.32 Å². The van der Waals surface area contributed by atoms with Crippen LogP contribution in [0.2, 0.25) is 0 Å². The van der Waals surface area contributed by atoms with E-state index in [0.717, 1.165) is 5.92 Å². The van der Waals surface area contributed by atoms with Crippen molar-refractivity contribution in [1.29, 1.82) is 0 Å². The molecule has 1 aliphatic carbocycles. The summed E-state index contributed by atoms with van der Waals surface area (Å²) in [5, 5.41) is 13.0. The van der Waals surface area contributed by atoms with E-state index in [1.54, 1.807) is 12.1 Å². The predicted octanol–water partition coefficient (Wildman–Crippen LogP) is 3.62. The number of aromatic hydroxyl groups is 1. The van der Waals surface area contributed by atoms with Crippen LogP contribution < -0.4 is 5.32 Å². The Morgan fingerprint density at radius 2 is 1.94 bits per heavy atom. The summed E-state index contributed by atoms with van der Waals surface area (Å²) >= 11 is 0. The predicted molar refractivity (Wildman–Crippen MR) is 71.1 cm³/mol. The Labute approximate surface area is 104 Å². The SMILES string of the molecule is CCC(CC1CC1)NC(C)c1ccc(O)cc1. The van der Waals surface area contributed by atoms with Crippen molar-refractivity contribution >= 4 is 0 Å². The molecule has 17 heavy (non-hydrogen) atoms. The fourth-order valence-corrected chi connectivity index (χ4v) is 2.32. The van der Waals surface area contributed by atoms with Crippen LogP contribution >= 0.6 is 0 Å². The van der Waals surface area contributed by atoms with Gasteiger partial charge in [-0.15, -0.1) is 0 Å². The van der Waals surface area contributed by atoms with Crippen LogP contribution in [0.4, 0.5) is 0 Å². The molecule has 1 aliphatic rings. The minimum Gasteiger partial charge on any atom is -0.508 e. The van der Waals surface area contributed by atoms with Gasteiger partial charge in [0, 0.05) is 12.1 Å². The summed E-state index contributed by atoms with van der Waals surface area (Å²) in [5.41, 5.74) is 1.25. The second kappa shape index (κ2) is 5.54. The number of phenolic OH excluding ortho intramolecular Hbond substituents is 1. The molecule has 2 heteroatoms. The Morgan fingerprint density at radius 3 is 2.47 bits per heavy atom. The highest BCUT2D eigenvalue weighted by atomic mass is 16.3. The number of rotatable bonds is 6. The summed E-state index contributed by atoms with van der Waals surface area (Å²) < 4.78 is 0. The maximum absolute atomic E-state index is 9.27. The molecule has 0 saturated heterocycles. The van der Waals surface area contributed by atoms with Gasteiger partial charge in [-0.1, -0.05) is 31.9 Å². The smallest absolute Gasteiger partial charge is 0.115 e. The fraction of sp³-hybridized carbons (Fsp3) is 0.600. The molecule has 0 heterocycles. The molecular weight excluding hydrogens is 210 g/mol. The summed E-state index contributed by atoms with van der Waals surface area (Å²) in [6.07, 6.45) is 5.36. The Kier molecular flexibility index (Phi) is 4.06. The minimum atomic E-state index is 0.339. The van der Waals surface area contributed by atoms with Gasteiger partial charge in [0.15, 0.2) is 0 Å². The topological polar surface area (TPSA) is 32.3 Å². The molecule has 2 unspecified atom stereocenters. The highest BCUT2D eigenvalue weighted by Crippen LogP contribution is 2.34. The van der Waals surface area contributed by atoms with Gasteiger partial charge in [0.1, 0.15) is 5.75 Å². The zero-order valence-corrected chi connectivity index (χ0v) is 10.8. The third-order valence-electron chi connectivity index (χ3n) is 3.69. The van der Waals surface area contributed by atoms with E-state index >= 15 is 0 Å². The van der Waals surface area contributed by atoms with Crippen LogP contribution in [0.1, 0.15) is 51.1 Å². The summed E-state index contributed by atoms with van der Waals surface area (Å²) in [5.74, 6) is 1.31. The van der Waals surface area contributed by atoms with Crippen molar-refractivity contribution < 1.29 is 5.11 Å². The van der Waals surface area contributed by atoms with Crippen LogP contribution in [-0.2, 0) is 0 Å². The van der Waals surface area contributed by atoms with Crippen molar-refractivity contribution in [3.63, 3.8) is 0 Å². The van der Waals surface area contributed by atoms with E-state index < -0.39 is 0 Å². The van der Waals surface area contributed by atoms with Crippen molar-refractivity contribution in [2.24, 2.45) is 5.92 Å². The molecule has 0 radical (unpaired) electrons. The molecule has 2 nitrogen and oxygen atoms in total. The van der Waals surface area contributed by atoms with Gasteiger partial charge >= 0.3 is 0 Å². The van der Waals surface area contributed by atoms with Gasteiger partial charge in [0.25, 0.3) is 0 Å². The Hall–Kier alpha value is -1.02. The highest BCUT2D eigenvalue weighted by Gasteiger charge is 2.25. The van der Waals surface area contributed by atoms with E-state index in [2.05, 4.69) is 19.2 Å². The molecule has 1 saturated carbocycles. The molecule has 2 rings (SSSR count). The molecule has 2 atom stereocenters. The van der Waals surface area contributed by atoms with E-state index in [4.69, 9.17) is 0 Å². The monoisotopic (exact) mass is 233 g/mol. The van der Waals surface area contributed by atoms with E-state index in [1.165, 1.54) is 31.2 Å². The lowest BCUT2D eigenvalue weighted by molar-refractivity contribution is 0.403. The zero-order chi connectivity index (χ0) is 12.3. The molecule has 0 bridgehead atoms. The van der Waals surface area contributed by atoms with Gasteiger partial charge in [-0.2, -0.15) is 0 Å². The summed E-state index contributed by atoms with van der Waals surface area (Å²) in [7, 11) is 0. The van der Waals surface area contributed by atoms with Crippen molar-refractivity contribution in [2.45, 2.75) is 51.6 Å². The second-order valence-corrected chi connectivity index (χ2v) is 5.26. The van der Waals surface area contributed by atoms with Crippen molar-refractivity contribution in [2.75, 3.05) is 0 Å². The van der Waals surface area contributed by atoms with Gasteiger partial charge in [0.05, 0.1) is 0 Å². The Bertz CT molecular complexity index is 342. The van der Waals surface area contributed by atoms with E-state index in [9.17, 15) is 5.11 Å². The molecule has 1 aromatic rings. The Balaban J connectivity index is 1.89. The maximum atomic E-state index is 9.27. The maximum Gasteiger partial charge on any atom is 0.115 e. The molecular formula is C15H23NO. The average molecular weight is 233 g/mol. The molecule has 0 aromatic heterocycles. The number of phenols is 1. The van der Waals surface area contributed by atoms with Gasteiger partial charge in [0.2, 0.25) is 0 Å². The van der Waals surface area contributed by atoms with Gasteiger partial charge < -0.3 is 10.4 Å². The van der Waals surface area contributed by atoms with E-state index in [0.29, 0.717) is 17.8 Å². The fourth-order valence-electron chi connectivity index (χ4n) is 2.32. The molecule has 94 valence electrons. The lowest BCUT2D eigenvalue weighted by Crippen LogP contribution is -2.31. The first-order valence-electron chi connectivity index (χ1n) is 6.74. The van der Waals surface area contributed by atoms with E-state index in [1.807, 2.05) is 12.1 Å². The number of benzene rings is 1. The van der Waals surface area contributed by atoms with E-state index in [-0.39, 0.29) is 0 Å². The second-order valence-electron chi connectivity index (χ2n) is 5.26. The molecule has 0 amide bonds. The number of hydrogen-bond donors (Lipinski definition) is 2. The summed E-state index contributed by atoms with van der Waals surface area (Å²) in [4.78, 5) is 0. The molecule has 1 fully saturated rings. The molecule has 1 aromatic carbocycles. The van der Waals surface area contributed by atoms with Crippen LogP contribution in [0, 0.1) is 5.92 Å². The molecule has 2 N–H and O–H groups in total. The van der Waals surface area contributed by atoms with Gasteiger partial charge in [-0.05, 0) is 43.4 Å². The van der Waals surface area contributed by atoms with Gasteiger partial charge in [-0.25, -0.2) is 0 Å². The molecule has 0 spiro atoms. The van der Waals surface area contributed by atoms with Crippen LogP contribution in [0.15, 0.2) is 24.3 Å². The first-order valence-corrected chi connectivity index (χ1v) is 6.74. The lowest BCUT2D eigenvalue weighted by atomic mass is 10.0. The van der Waals surface area contributed by atoms with Crippen LogP contribution in [-0.4, -0.2) is 11.1 Å². The van der Waals surface area contributed by atoms with Crippen LogP contribution in [0.5, 0.6) is 5.75 Å². The first-order chi connectivity index (χ1) is 8.19. The van der Waals surface area contributed by atoms with Gasteiger partial charge in [-0.3, -0.25) is 0 Å². The highest BCUT2D eigenvalue weighted by molar-refractivity contribution is 5.27. The standard InChI is InChI=1S/C15H23NO/c1-3-14(10-12-4-5-12)16-11(2)13-6-8-15(17)9-7-13/h6-9,11-12,14,16-17H,3-5,10H2,1-2H3. The normalized spacial score (nSPS) is 18.9. The first kappa shape index (κ1) is 12.4. The van der Waals surface area contributed by atoms with Crippen molar-refractivity contribution in [3.8, 4) is 5.75 Å². The average Bonchev–Trinajstić information content (AvgIpc) is 3.13. The minimum absolute atomic E-state index is 0.339. The largest absolute Gasteiger partial charge is 0.508 e. The Morgan fingerprint density at radius 1 is 1.29 bits per heavy atom. The summed E-state index contributed by atoms with van der Waals surface area (Å²) in [6.45, 7) is 4.45. The molecule has 0 aliphatic heterocycles. The zero-order valence-electron chi connectivity index (χ0n) is 10.8. The van der Waals surface area contributed by atoms with Crippen LogP contribution in [0.25, 0.3) is 0 Å². The number of nitrogens with one attached hydrogen (secondary N) is 1. The quantitative estimate of drug-likeness (QED) is 0.786. The number of hydrogen-bond acceptors (Lipinski definition) is 2. The third-order valence-corrected chi connectivity index (χ3v) is 3.69. The van der Waals surface area contributed by atoms with Crippen LogP contribution in [0.3, 0.4) is 0 Å².